The van der Waals surface area contributed by atoms with E-state index in [9.17, 15) is 14.4 Å². The molecule has 3 amide bonds. The second-order valence-corrected chi connectivity index (χ2v) is 16.1. The number of anilines is 2. The van der Waals surface area contributed by atoms with Gasteiger partial charge in [-0.2, -0.15) is 5.10 Å². The Kier molecular flexibility index (Phi) is 9.17. The van der Waals surface area contributed by atoms with Crippen molar-refractivity contribution >= 4 is 40.3 Å². The largest absolute Gasteiger partial charge is 0.457 e. The van der Waals surface area contributed by atoms with Gasteiger partial charge < -0.3 is 25.6 Å². The van der Waals surface area contributed by atoms with Crippen molar-refractivity contribution in [3.8, 4) is 22.8 Å². The molecule has 0 saturated carbocycles. The molecule has 14 heteroatoms. The van der Waals surface area contributed by atoms with Crippen LogP contribution in [0.3, 0.4) is 0 Å². The Morgan fingerprint density at radius 1 is 0.741 bits per heavy atom. The number of carbonyl (C=O) groups is 3. The second kappa shape index (κ2) is 14.7. The third-order valence-electron chi connectivity index (χ3n) is 12.8. The Hall–Kier alpha value is -6.12. The molecule has 3 aromatic carbocycles. The summed E-state index contributed by atoms with van der Waals surface area (Å²) < 4.78 is 8.09. The van der Waals surface area contributed by atoms with Crippen LogP contribution in [-0.4, -0.2) is 110 Å². The molecule has 2 aromatic heterocycles. The van der Waals surface area contributed by atoms with Crippen LogP contribution in [0.15, 0.2) is 91.4 Å². The minimum Gasteiger partial charge on any atom is -0.457 e. The number of imide groups is 1. The van der Waals surface area contributed by atoms with E-state index < -0.39 is 17.9 Å². The molecular weight excluding hydrogens is 733 g/mol. The molecule has 3 N–H and O–H groups in total. The fourth-order valence-corrected chi connectivity index (χ4v) is 9.50. The lowest BCUT2D eigenvalue weighted by atomic mass is 9.95. The molecule has 10 rings (SSSR count). The number of para-hydroxylation sites is 1. The van der Waals surface area contributed by atoms with Crippen molar-refractivity contribution in [3.63, 3.8) is 0 Å². The van der Waals surface area contributed by atoms with Crippen molar-refractivity contribution in [2.24, 2.45) is 0 Å². The highest BCUT2D eigenvalue weighted by Gasteiger charge is 2.45. The average molecular weight is 779 g/mol. The van der Waals surface area contributed by atoms with Gasteiger partial charge in [-0.05, 0) is 93.1 Å². The predicted molar refractivity (Wildman–Crippen MR) is 219 cm³/mol. The summed E-state index contributed by atoms with van der Waals surface area (Å²) in [5.74, 6) is 0.820. The molecular formula is C44H46N10O4. The number of hydrogen-bond acceptors (Lipinski definition) is 11. The van der Waals surface area contributed by atoms with Crippen LogP contribution in [0.2, 0.25) is 0 Å². The van der Waals surface area contributed by atoms with Gasteiger partial charge in [-0.25, -0.2) is 14.6 Å². The summed E-state index contributed by atoms with van der Waals surface area (Å²) in [6.07, 6.45) is 6.71. The minimum absolute atomic E-state index is 0.214. The number of fused-ring (bicyclic) bond motifs is 2. The van der Waals surface area contributed by atoms with Crippen LogP contribution in [0.5, 0.6) is 11.5 Å². The quantitative estimate of drug-likeness (QED) is 0.199. The topological polar surface area (TPSA) is 155 Å². The van der Waals surface area contributed by atoms with E-state index in [1.54, 1.807) is 6.07 Å². The maximum atomic E-state index is 13.4. The smallest absolute Gasteiger partial charge is 0.262 e. The Bertz CT molecular complexity index is 2410. The molecule has 58 heavy (non-hydrogen) atoms. The summed E-state index contributed by atoms with van der Waals surface area (Å²) >= 11 is 0. The first-order valence-corrected chi connectivity index (χ1v) is 20.3. The second-order valence-electron chi connectivity index (χ2n) is 16.1. The number of hydrogen-bond donors (Lipinski definition) is 2. The molecule has 5 aromatic rings. The van der Waals surface area contributed by atoms with Gasteiger partial charge >= 0.3 is 0 Å². The molecule has 1 atom stereocenters. The first-order chi connectivity index (χ1) is 28.3. The molecule has 1 unspecified atom stereocenters. The number of piperidine rings is 3. The van der Waals surface area contributed by atoms with Crippen LogP contribution in [0.1, 0.15) is 65.3 Å². The SMILES string of the molecule is C=C1CCC(N2C(=O)c3ccc(N4CC(N5CCC(N6CCC(n7nc(-c8ccc(Oc9ccccc9)cc8)c8c(N)ncnc87)CC6)CC5)C4)cc3C2=O)C(=O)N1. The van der Waals surface area contributed by atoms with Gasteiger partial charge in [0.1, 0.15) is 35.4 Å². The molecule has 0 bridgehead atoms. The van der Waals surface area contributed by atoms with Gasteiger partial charge in [-0.3, -0.25) is 24.2 Å². The lowest BCUT2D eigenvalue weighted by Crippen LogP contribution is -2.62. The van der Waals surface area contributed by atoms with Gasteiger partial charge in [-0.1, -0.05) is 24.8 Å². The number of nitrogens with one attached hydrogen (secondary N) is 1. The molecule has 5 aliphatic rings. The number of carbonyl (C=O) groups excluding carboxylic acids is 3. The standard InChI is InChI=1S/C44H46N10O4/c1-27-7-14-37(42(55)48-27)53-43(56)35-13-10-31(23-36(35)44(53)57)52-24-32(25-52)51-19-15-29(16-20-51)50-21-17-30(18-22-50)54-41-38(40(45)46-26-47-41)39(49-54)28-8-11-34(12-9-28)58-33-5-3-2-4-6-33/h2-6,8-13,23,26,29-30,32,37H,1,7,14-22,24-25H2,(H,48,55)(H2,45,46,47). The lowest BCUT2D eigenvalue weighted by Gasteiger charge is -2.50. The summed E-state index contributed by atoms with van der Waals surface area (Å²) in [5.41, 5.74) is 11.3. The van der Waals surface area contributed by atoms with Gasteiger partial charge in [0.2, 0.25) is 5.91 Å². The maximum absolute atomic E-state index is 13.4. The third kappa shape index (κ3) is 6.45. The molecule has 4 fully saturated rings. The lowest BCUT2D eigenvalue weighted by molar-refractivity contribution is -0.125. The number of benzene rings is 3. The van der Waals surface area contributed by atoms with Crippen LogP contribution in [0.25, 0.3) is 22.3 Å². The minimum atomic E-state index is -0.805. The van der Waals surface area contributed by atoms with Crippen molar-refractivity contribution in [1.82, 2.24) is 39.8 Å². The van der Waals surface area contributed by atoms with Crippen molar-refractivity contribution in [2.45, 2.75) is 62.7 Å². The number of likely N-dealkylation sites (tertiary alicyclic amines) is 2. The average Bonchev–Trinajstić information content (AvgIpc) is 3.74. The molecule has 5 aliphatic heterocycles. The van der Waals surface area contributed by atoms with Crippen molar-refractivity contribution in [3.05, 3.63) is 103 Å². The highest BCUT2D eigenvalue weighted by atomic mass is 16.5. The molecule has 296 valence electrons. The van der Waals surface area contributed by atoms with Gasteiger partial charge in [0.15, 0.2) is 5.65 Å². The Labute approximate surface area is 336 Å². The molecule has 7 heterocycles. The zero-order chi connectivity index (χ0) is 39.5. The van der Waals surface area contributed by atoms with E-state index >= 15 is 0 Å². The van der Waals surface area contributed by atoms with Gasteiger partial charge in [0.05, 0.1) is 22.6 Å². The van der Waals surface area contributed by atoms with E-state index in [4.69, 9.17) is 15.6 Å². The summed E-state index contributed by atoms with van der Waals surface area (Å²) in [6, 6.07) is 23.6. The Morgan fingerprint density at radius 2 is 1.41 bits per heavy atom. The van der Waals surface area contributed by atoms with E-state index in [1.165, 1.54) is 6.33 Å². The summed E-state index contributed by atoms with van der Waals surface area (Å²) in [6.45, 7) is 9.71. The van der Waals surface area contributed by atoms with Crippen LogP contribution in [0, 0.1) is 0 Å². The van der Waals surface area contributed by atoms with Gasteiger partial charge in [0, 0.05) is 68.3 Å². The number of nitrogen functional groups attached to an aromatic ring is 1. The number of allylic oxidation sites excluding steroid dienone is 1. The number of rotatable bonds is 8. The van der Waals surface area contributed by atoms with Crippen LogP contribution in [0.4, 0.5) is 11.5 Å². The molecule has 14 nitrogen and oxygen atoms in total. The number of nitrogens with two attached hydrogens (primary N) is 1. The Morgan fingerprint density at radius 3 is 2.14 bits per heavy atom. The van der Waals surface area contributed by atoms with E-state index in [1.807, 2.05) is 66.7 Å². The van der Waals surface area contributed by atoms with E-state index in [0.717, 1.165) is 109 Å². The first-order valence-electron chi connectivity index (χ1n) is 20.3. The maximum Gasteiger partial charge on any atom is 0.262 e. The van der Waals surface area contributed by atoms with E-state index in [0.29, 0.717) is 47.6 Å². The molecule has 4 saturated heterocycles. The highest BCUT2D eigenvalue weighted by molar-refractivity contribution is 6.23. The van der Waals surface area contributed by atoms with Crippen LogP contribution < -0.4 is 20.7 Å². The van der Waals surface area contributed by atoms with Crippen molar-refractivity contribution < 1.29 is 19.1 Å². The fourth-order valence-electron chi connectivity index (χ4n) is 9.50. The van der Waals surface area contributed by atoms with Crippen LogP contribution in [-0.2, 0) is 4.79 Å². The number of aromatic nitrogens is 4. The molecule has 0 aliphatic carbocycles. The number of amides is 3. The zero-order valence-corrected chi connectivity index (χ0v) is 32.3. The van der Waals surface area contributed by atoms with E-state index in [2.05, 4.69) is 41.2 Å². The zero-order valence-electron chi connectivity index (χ0n) is 32.3. The monoisotopic (exact) mass is 778 g/mol. The third-order valence-corrected chi connectivity index (χ3v) is 12.8. The fraction of sp³-hybridized carbons (Fsp3) is 0.364. The van der Waals surface area contributed by atoms with Gasteiger partial charge in [-0.15, -0.1) is 0 Å². The predicted octanol–water partition coefficient (Wildman–Crippen LogP) is 5.25. The van der Waals surface area contributed by atoms with Crippen LogP contribution >= 0.6 is 0 Å². The number of ether oxygens (including phenoxy) is 1. The van der Waals surface area contributed by atoms with Crippen molar-refractivity contribution in [1.29, 1.82) is 0 Å². The molecule has 0 spiro atoms. The van der Waals surface area contributed by atoms with Gasteiger partial charge in [0.25, 0.3) is 11.8 Å². The Balaban J connectivity index is 0.731. The first kappa shape index (κ1) is 36.2. The summed E-state index contributed by atoms with van der Waals surface area (Å²) in [5, 5.41) is 8.61. The normalized spacial score (nSPS) is 21.4. The van der Waals surface area contributed by atoms with Crippen molar-refractivity contribution in [2.75, 3.05) is 49.9 Å². The highest BCUT2D eigenvalue weighted by Crippen LogP contribution is 2.37. The van der Waals surface area contributed by atoms with E-state index in [-0.39, 0.29) is 11.9 Å². The summed E-state index contributed by atoms with van der Waals surface area (Å²) in [4.78, 5) is 56.9. The summed E-state index contributed by atoms with van der Waals surface area (Å²) in [7, 11) is 0. The molecule has 0 radical (unpaired) electrons. The number of nitrogens with zero attached hydrogens (tertiary/aromatic N) is 8.